The molecule has 4 rings (SSSR count). The number of anilines is 1. The van der Waals surface area contributed by atoms with Crippen LogP contribution in [0.1, 0.15) is 11.7 Å². The van der Waals surface area contributed by atoms with Gasteiger partial charge in [0.25, 0.3) is 0 Å². The number of H-pyrrole nitrogens is 1. The lowest BCUT2D eigenvalue weighted by Crippen LogP contribution is -2.39. The van der Waals surface area contributed by atoms with E-state index in [4.69, 9.17) is 4.74 Å². The summed E-state index contributed by atoms with van der Waals surface area (Å²) in [5, 5.41) is 0.962. The number of aromatic nitrogens is 3. The Morgan fingerprint density at radius 3 is 2.84 bits per heavy atom. The smallest absolute Gasteiger partial charge is 0.387 e. The minimum atomic E-state index is -2.83. The predicted octanol–water partition coefficient (Wildman–Crippen LogP) is 3.14. The van der Waals surface area contributed by atoms with Gasteiger partial charge >= 0.3 is 6.61 Å². The lowest BCUT2D eigenvalue weighted by molar-refractivity contribution is -0.0498. The summed E-state index contributed by atoms with van der Waals surface area (Å²) in [5.41, 5.74) is 1.70. The molecule has 0 amide bonds. The van der Waals surface area contributed by atoms with E-state index in [2.05, 4.69) is 24.6 Å². The van der Waals surface area contributed by atoms with E-state index in [1.165, 1.54) is 18.5 Å². The van der Waals surface area contributed by atoms with Crippen molar-refractivity contribution in [3.8, 4) is 5.75 Å². The van der Waals surface area contributed by atoms with Gasteiger partial charge in [-0.2, -0.15) is 8.78 Å². The van der Waals surface area contributed by atoms with Crippen LogP contribution in [0.4, 0.5) is 14.6 Å². The molecule has 1 N–H and O–H groups in total. The van der Waals surface area contributed by atoms with Crippen LogP contribution in [-0.4, -0.2) is 41.3 Å². The summed E-state index contributed by atoms with van der Waals surface area (Å²) in [7, 11) is 0. The van der Waals surface area contributed by atoms with E-state index in [-0.39, 0.29) is 11.9 Å². The van der Waals surface area contributed by atoms with Crippen LogP contribution in [-0.2, 0) is 4.74 Å². The zero-order valence-corrected chi connectivity index (χ0v) is 13.2. The van der Waals surface area contributed by atoms with Gasteiger partial charge in [-0.3, -0.25) is 0 Å². The number of nitrogens with one attached hydrogen (secondary N) is 1. The third kappa shape index (κ3) is 3.25. The first-order chi connectivity index (χ1) is 12.2. The quantitative estimate of drug-likeness (QED) is 0.786. The van der Waals surface area contributed by atoms with Crippen molar-refractivity contribution in [2.45, 2.75) is 12.7 Å². The number of morpholine rings is 1. The molecule has 3 aromatic rings. The highest BCUT2D eigenvalue weighted by Crippen LogP contribution is 2.29. The molecule has 1 saturated heterocycles. The number of ether oxygens (including phenoxy) is 2. The molecule has 3 heterocycles. The number of halogens is 2. The van der Waals surface area contributed by atoms with E-state index in [1.54, 1.807) is 12.1 Å². The number of alkyl halides is 2. The zero-order valence-electron chi connectivity index (χ0n) is 13.2. The Balaban J connectivity index is 1.54. The van der Waals surface area contributed by atoms with Crippen LogP contribution < -0.4 is 9.64 Å². The second-order valence-corrected chi connectivity index (χ2v) is 5.69. The molecular formula is C17H16F2N4O2. The average molecular weight is 346 g/mol. The van der Waals surface area contributed by atoms with Gasteiger partial charge in [-0.25, -0.2) is 9.97 Å². The highest BCUT2D eigenvalue weighted by molar-refractivity contribution is 5.87. The normalized spacial score (nSPS) is 18.0. The summed E-state index contributed by atoms with van der Waals surface area (Å²) in [5.74, 6) is 0.994. The molecular weight excluding hydrogens is 330 g/mol. The first-order valence-electron chi connectivity index (χ1n) is 7.90. The van der Waals surface area contributed by atoms with E-state index >= 15 is 0 Å². The molecule has 1 fully saturated rings. The van der Waals surface area contributed by atoms with Crippen molar-refractivity contribution in [3.63, 3.8) is 0 Å². The maximum atomic E-state index is 12.2. The SMILES string of the molecule is FC(F)Oc1ccc(C2CN(c3ncnc4[nH]ccc34)CCO2)cc1. The van der Waals surface area contributed by atoms with Crippen molar-refractivity contribution in [1.82, 2.24) is 15.0 Å². The molecule has 1 atom stereocenters. The predicted molar refractivity (Wildman–Crippen MR) is 87.9 cm³/mol. The Morgan fingerprint density at radius 1 is 1.20 bits per heavy atom. The minimum absolute atomic E-state index is 0.135. The average Bonchev–Trinajstić information content (AvgIpc) is 3.11. The van der Waals surface area contributed by atoms with Crippen LogP contribution in [0.5, 0.6) is 5.75 Å². The van der Waals surface area contributed by atoms with Gasteiger partial charge in [0.05, 0.1) is 12.0 Å². The summed E-state index contributed by atoms with van der Waals surface area (Å²) >= 11 is 0. The van der Waals surface area contributed by atoms with Crippen molar-refractivity contribution in [1.29, 1.82) is 0 Å². The number of hydrogen-bond donors (Lipinski definition) is 1. The van der Waals surface area contributed by atoms with Crippen molar-refractivity contribution in [2.24, 2.45) is 0 Å². The summed E-state index contributed by atoms with van der Waals surface area (Å²) in [6.07, 6.45) is 3.20. The summed E-state index contributed by atoms with van der Waals surface area (Å²) in [6.45, 7) is -0.934. The monoisotopic (exact) mass is 346 g/mol. The van der Waals surface area contributed by atoms with Gasteiger partial charge in [0, 0.05) is 19.3 Å². The molecule has 25 heavy (non-hydrogen) atoms. The molecule has 0 radical (unpaired) electrons. The van der Waals surface area contributed by atoms with Crippen LogP contribution in [0.15, 0.2) is 42.9 Å². The number of aromatic amines is 1. The van der Waals surface area contributed by atoms with Gasteiger partial charge < -0.3 is 19.4 Å². The topological polar surface area (TPSA) is 63.3 Å². The van der Waals surface area contributed by atoms with Crippen LogP contribution in [0.2, 0.25) is 0 Å². The minimum Gasteiger partial charge on any atom is -0.435 e. The van der Waals surface area contributed by atoms with Crippen LogP contribution in [0.25, 0.3) is 11.0 Å². The maximum Gasteiger partial charge on any atom is 0.387 e. The number of benzene rings is 1. The fourth-order valence-electron chi connectivity index (χ4n) is 3.02. The largest absolute Gasteiger partial charge is 0.435 e. The molecule has 6 nitrogen and oxygen atoms in total. The number of rotatable bonds is 4. The molecule has 0 spiro atoms. The van der Waals surface area contributed by atoms with Crippen molar-refractivity contribution in [2.75, 3.05) is 24.6 Å². The van der Waals surface area contributed by atoms with E-state index in [9.17, 15) is 8.78 Å². The van der Waals surface area contributed by atoms with Gasteiger partial charge in [-0.05, 0) is 23.8 Å². The first-order valence-corrected chi connectivity index (χ1v) is 7.90. The Kier molecular flexibility index (Phi) is 4.19. The number of hydrogen-bond acceptors (Lipinski definition) is 5. The first kappa shape index (κ1) is 15.8. The number of nitrogens with zero attached hydrogens (tertiary/aromatic N) is 3. The highest BCUT2D eigenvalue weighted by atomic mass is 19.3. The lowest BCUT2D eigenvalue weighted by atomic mass is 10.1. The van der Waals surface area contributed by atoms with Gasteiger partial charge in [0.1, 0.15) is 29.6 Å². The molecule has 1 aromatic carbocycles. The van der Waals surface area contributed by atoms with Crippen LogP contribution in [0.3, 0.4) is 0 Å². The fourth-order valence-corrected chi connectivity index (χ4v) is 3.02. The van der Waals surface area contributed by atoms with Crippen molar-refractivity contribution < 1.29 is 18.3 Å². The maximum absolute atomic E-state index is 12.2. The second-order valence-electron chi connectivity index (χ2n) is 5.69. The van der Waals surface area contributed by atoms with Crippen molar-refractivity contribution >= 4 is 16.9 Å². The van der Waals surface area contributed by atoms with E-state index in [0.29, 0.717) is 13.2 Å². The standard InChI is InChI=1S/C17H16F2N4O2/c18-17(19)25-12-3-1-11(2-4-12)14-9-23(7-8-24-14)16-13-5-6-20-15(13)21-10-22-16/h1-6,10,14,17H,7-9H2,(H,20,21,22). The molecule has 0 bridgehead atoms. The Morgan fingerprint density at radius 2 is 2.04 bits per heavy atom. The summed E-state index contributed by atoms with van der Waals surface area (Å²) in [4.78, 5) is 13.8. The molecule has 1 aliphatic heterocycles. The Hall–Kier alpha value is -2.74. The summed E-state index contributed by atoms with van der Waals surface area (Å²) in [6, 6.07) is 8.50. The highest BCUT2D eigenvalue weighted by Gasteiger charge is 2.24. The molecule has 1 unspecified atom stereocenters. The molecule has 1 aliphatic rings. The summed E-state index contributed by atoms with van der Waals surface area (Å²) < 4.78 is 34.7. The van der Waals surface area contributed by atoms with Crippen LogP contribution in [0, 0.1) is 0 Å². The molecule has 2 aromatic heterocycles. The van der Waals surface area contributed by atoms with E-state index in [1.807, 2.05) is 12.3 Å². The Bertz CT molecular complexity index is 853. The van der Waals surface area contributed by atoms with Gasteiger partial charge in [0.15, 0.2) is 0 Å². The van der Waals surface area contributed by atoms with Crippen molar-refractivity contribution in [3.05, 3.63) is 48.4 Å². The fraction of sp³-hybridized carbons (Fsp3) is 0.294. The van der Waals surface area contributed by atoms with Gasteiger partial charge in [-0.15, -0.1) is 0 Å². The van der Waals surface area contributed by atoms with E-state index < -0.39 is 6.61 Å². The molecule has 130 valence electrons. The van der Waals surface area contributed by atoms with E-state index in [0.717, 1.165) is 29.0 Å². The third-order valence-corrected chi connectivity index (χ3v) is 4.18. The second kappa shape index (κ2) is 6.64. The van der Waals surface area contributed by atoms with Gasteiger partial charge in [0.2, 0.25) is 0 Å². The molecule has 8 heteroatoms. The lowest BCUT2D eigenvalue weighted by Gasteiger charge is -2.34. The third-order valence-electron chi connectivity index (χ3n) is 4.18. The zero-order chi connectivity index (χ0) is 17.2. The van der Waals surface area contributed by atoms with Crippen LogP contribution >= 0.6 is 0 Å². The van der Waals surface area contributed by atoms with Gasteiger partial charge in [-0.1, -0.05) is 12.1 Å². The Labute approximate surface area is 142 Å². The molecule has 0 aliphatic carbocycles. The molecule has 0 saturated carbocycles. The number of fused-ring (bicyclic) bond motifs is 1.